The van der Waals surface area contributed by atoms with Gasteiger partial charge in [-0.25, -0.2) is 9.97 Å². The van der Waals surface area contributed by atoms with Crippen LogP contribution in [-0.2, 0) is 0 Å². The number of rotatable bonds is 4. The highest BCUT2D eigenvalue weighted by Crippen LogP contribution is 2.40. The van der Waals surface area contributed by atoms with Crippen molar-refractivity contribution in [3.05, 3.63) is 170 Å². The van der Waals surface area contributed by atoms with Gasteiger partial charge in [-0.3, -0.25) is 0 Å². The molecule has 0 spiro atoms. The third-order valence-electron chi connectivity index (χ3n) is 9.48. The normalized spacial score (nSPS) is 11.8. The van der Waals surface area contributed by atoms with Gasteiger partial charge in [-0.05, 0) is 54.6 Å². The number of fused-ring (bicyclic) bond motifs is 7. The fraction of sp³-hybridized carbons (Fsp3) is 0. The molecule has 0 radical (unpaired) electrons. The van der Waals surface area contributed by atoms with Crippen LogP contribution in [0, 0.1) is 0 Å². The molecule has 7 aromatic carbocycles. The molecule has 4 heteroatoms. The number of para-hydroxylation sites is 3. The first-order valence-electron chi connectivity index (χ1n) is 16.3. The number of hydrogen-bond acceptors (Lipinski definition) is 2. The van der Waals surface area contributed by atoms with Gasteiger partial charge in [0.15, 0.2) is 0 Å². The Morgan fingerprint density at radius 1 is 0.312 bits per heavy atom. The average molecular weight is 613 g/mol. The maximum absolute atomic E-state index is 5.31. The van der Waals surface area contributed by atoms with Crippen molar-refractivity contribution in [2.24, 2.45) is 0 Å². The van der Waals surface area contributed by atoms with Crippen LogP contribution in [0.3, 0.4) is 0 Å². The minimum atomic E-state index is 0.858. The molecule has 0 bridgehead atoms. The quantitative estimate of drug-likeness (QED) is 0.198. The van der Waals surface area contributed by atoms with Crippen LogP contribution >= 0.6 is 0 Å². The van der Waals surface area contributed by atoms with Gasteiger partial charge in [0.05, 0.1) is 44.5 Å². The van der Waals surface area contributed by atoms with Crippen molar-refractivity contribution in [1.29, 1.82) is 0 Å². The summed E-state index contributed by atoms with van der Waals surface area (Å²) in [7, 11) is 0. The molecule has 0 amide bonds. The maximum Gasteiger partial charge on any atom is 0.0973 e. The second kappa shape index (κ2) is 10.5. The number of hydrogen-bond donors (Lipinski definition) is 0. The molecule has 4 nitrogen and oxygen atoms in total. The summed E-state index contributed by atoms with van der Waals surface area (Å²) >= 11 is 0. The fourth-order valence-corrected chi connectivity index (χ4v) is 7.34. The lowest BCUT2D eigenvalue weighted by Gasteiger charge is -2.13. The first kappa shape index (κ1) is 26.7. The van der Waals surface area contributed by atoms with E-state index in [2.05, 4.69) is 167 Å². The average Bonchev–Trinajstić information content (AvgIpc) is 3.66. The molecule has 224 valence electrons. The molecule has 0 aliphatic heterocycles. The zero-order valence-electron chi connectivity index (χ0n) is 26.0. The van der Waals surface area contributed by atoms with Gasteiger partial charge in [0, 0.05) is 44.0 Å². The Morgan fingerprint density at radius 3 is 1.38 bits per heavy atom. The van der Waals surface area contributed by atoms with Crippen molar-refractivity contribution < 1.29 is 0 Å². The number of benzene rings is 7. The molecule has 0 aliphatic rings. The van der Waals surface area contributed by atoms with Crippen LogP contribution in [0.15, 0.2) is 170 Å². The van der Waals surface area contributed by atoms with Crippen LogP contribution in [0.2, 0.25) is 0 Å². The lowest BCUT2D eigenvalue weighted by Crippen LogP contribution is -1.99. The standard InChI is InChI=1S/C44H28N4/c1-4-14-29(15-5-1)43-44(30-16-6-2-7-17-30)46-38-26-32(24-25-37(38)45-43)48-40-23-13-11-21-34(40)36-27-35-33-20-10-12-22-39(33)47(41(35)28-42(36)48)31-18-8-3-9-19-31/h1-28H. The molecule has 0 N–H and O–H groups in total. The van der Waals surface area contributed by atoms with Gasteiger partial charge in [-0.2, -0.15) is 0 Å². The van der Waals surface area contributed by atoms with E-state index in [9.17, 15) is 0 Å². The second-order valence-electron chi connectivity index (χ2n) is 12.3. The van der Waals surface area contributed by atoms with Crippen LogP contribution in [-0.4, -0.2) is 19.1 Å². The van der Waals surface area contributed by atoms with Crippen LogP contribution < -0.4 is 0 Å². The van der Waals surface area contributed by atoms with Gasteiger partial charge in [0.25, 0.3) is 0 Å². The zero-order valence-corrected chi connectivity index (χ0v) is 26.0. The topological polar surface area (TPSA) is 35.6 Å². The predicted octanol–water partition coefficient (Wildman–Crippen LogP) is 11.2. The maximum atomic E-state index is 5.31. The summed E-state index contributed by atoms with van der Waals surface area (Å²) in [4.78, 5) is 10.5. The minimum Gasteiger partial charge on any atom is -0.309 e. The molecule has 0 aliphatic carbocycles. The van der Waals surface area contributed by atoms with E-state index in [-0.39, 0.29) is 0 Å². The smallest absolute Gasteiger partial charge is 0.0973 e. The van der Waals surface area contributed by atoms with Gasteiger partial charge in [-0.1, -0.05) is 115 Å². The third kappa shape index (κ3) is 4.03. The van der Waals surface area contributed by atoms with Crippen molar-refractivity contribution in [2.45, 2.75) is 0 Å². The van der Waals surface area contributed by atoms with Crippen LogP contribution in [0.4, 0.5) is 0 Å². The molecule has 10 aromatic rings. The first-order chi connectivity index (χ1) is 23.8. The Hall–Kier alpha value is -6.52. The monoisotopic (exact) mass is 612 g/mol. The Bertz CT molecular complexity index is 2810. The Labute approximate surface area is 276 Å². The summed E-state index contributed by atoms with van der Waals surface area (Å²) in [5.41, 5.74) is 12.5. The van der Waals surface area contributed by atoms with Crippen molar-refractivity contribution >= 4 is 54.6 Å². The van der Waals surface area contributed by atoms with E-state index in [1.54, 1.807) is 0 Å². The van der Waals surface area contributed by atoms with E-state index in [4.69, 9.17) is 9.97 Å². The van der Waals surface area contributed by atoms with Crippen LogP contribution in [0.5, 0.6) is 0 Å². The largest absolute Gasteiger partial charge is 0.309 e. The van der Waals surface area contributed by atoms with Crippen LogP contribution in [0.25, 0.3) is 88.5 Å². The Balaban J connectivity index is 1.26. The summed E-state index contributed by atoms with van der Waals surface area (Å²) in [6.07, 6.45) is 0. The van der Waals surface area contributed by atoms with E-state index in [0.717, 1.165) is 56.0 Å². The van der Waals surface area contributed by atoms with E-state index < -0.39 is 0 Å². The molecule has 0 atom stereocenters. The highest BCUT2D eigenvalue weighted by Gasteiger charge is 2.19. The SMILES string of the molecule is c1ccc(-c2nc3ccc(-n4c5ccccc5c5cc6c7ccccc7n(-c7ccccc7)c6cc54)cc3nc2-c2ccccc2)cc1. The van der Waals surface area contributed by atoms with Gasteiger partial charge >= 0.3 is 0 Å². The third-order valence-corrected chi connectivity index (χ3v) is 9.48. The van der Waals surface area contributed by atoms with Crippen molar-refractivity contribution in [3.8, 4) is 33.9 Å². The van der Waals surface area contributed by atoms with E-state index in [1.807, 2.05) is 12.1 Å². The molecule has 3 heterocycles. The van der Waals surface area contributed by atoms with Crippen LogP contribution in [0.1, 0.15) is 0 Å². The molecular formula is C44H28N4. The molecular weight excluding hydrogens is 585 g/mol. The molecule has 0 fully saturated rings. The molecule has 0 saturated heterocycles. The minimum absolute atomic E-state index is 0.858. The zero-order chi connectivity index (χ0) is 31.6. The lowest BCUT2D eigenvalue weighted by molar-refractivity contribution is 1.16. The van der Waals surface area contributed by atoms with Gasteiger partial charge in [0.2, 0.25) is 0 Å². The number of aromatic nitrogens is 4. The molecule has 48 heavy (non-hydrogen) atoms. The molecule has 10 rings (SSSR count). The summed E-state index contributed by atoms with van der Waals surface area (Å²) < 4.78 is 4.76. The highest BCUT2D eigenvalue weighted by molar-refractivity contribution is 6.19. The second-order valence-corrected chi connectivity index (χ2v) is 12.3. The van der Waals surface area contributed by atoms with E-state index in [1.165, 1.54) is 32.6 Å². The number of nitrogens with zero attached hydrogens (tertiary/aromatic N) is 4. The summed E-state index contributed by atoms with van der Waals surface area (Å²) in [5.74, 6) is 0. The summed E-state index contributed by atoms with van der Waals surface area (Å²) in [5, 5.41) is 4.94. The van der Waals surface area contributed by atoms with Gasteiger partial charge in [-0.15, -0.1) is 0 Å². The summed E-state index contributed by atoms with van der Waals surface area (Å²) in [6, 6.07) is 60.0. The van der Waals surface area contributed by atoms with E-state index in [0.29, 0.717) is 0 Å². The summed E-state index contributed by atoms with van der Waals surface area (Å²) in [6.45, 7) is 0. The predicted molar refractivity (Wildman–Crippen MR) is 199 cm³/mol. The Morgan fingerprint density at radius 2 is 0.792 bits per heavy atom. The highest BCUT2D eigenvalue weighted by atomic mass is 15.0. The molecule has 0 unspecified atom stereocenters. The van der Waals surface area contributed by atoms with E-state index >= 15 is 0 Å². The lowest BCUT2D eigenvalue weighted by atomic mass is 10.0. The first-order valence-corrected chi connectivity index (χ1v) is 16.3. The van der Waals surface area contributed by atoms with Crippen molar-refractivity contribution in [2.75, 3.05) is 0 Å². The molecule has 3 aromatic heterocycles. The molecule has 0 saturated carbocycles. The van der Waals surface area contributed by atoms with Gasteiger partial charge < -0.3 is 9.13 Å². The fourth-order valence-electron chi connectivity index (χ4n) is 7.34. The Kier molecular flexibility index (Phi) is 5.84. The van der Waals surface area contributed by atoms with Crippen molar-refractivity contribution in [3.63, 3.8) is 0 Å². The van der Waals surface area contributed by atoms with Crippen molar-refractivity contribution in [1.82, 2.24) is 19.1 Å². The van der Waals surface area contributed by atoms with Gasteiger partial charge in [0.1, 0.15) is 0 Å².